The molecule has 1 aliphatic heterocycles. The number of hydrogen-bond donors (Lipinski definition) is 4. The van der Waals surface area contributed by atoms with E-state index >= 15 is 0 Å². The number of likely N-dealkylation sites (tertiary alicyclic amines) is 1. The van der Waals surface area contributed by atoms with Crippen LogP contribution in [0.1, 0.15) is 58.9 Å². The molecule has 3 atom stereocenters. The second-order valence-electron chi connectivity index (χ2n) is 10.7. The van der Waals surface area contributed by atoms with Gasteiger partial charge in [-0.05, 0) is 55.9 Å². The minimum Gasteiger partial charge on any atom is -0.389 e. The van der Waals surface area contributed by atoms with Crippen molar-refractivity contribution >= 4 is 28.5 Å². The van der Waals surface area contributed by atoms with Crippen LogP contribution in [0.2, 0.25) is 0 Å². The van der Waals surface area contributed by atoms with Crippen molar-refractivity contribution in [3.63, 3.8) is 0 Å². The number of carbonyl (C=O) groups is 3. The summed E-state index contributed by atoms with van der Waals surface area (Å²) in [4.78, 5) is 41.4. The highest BCUT2D eigenvalue weighted by atomic mass is 16.3. The van der Waals surface area contributed by atoms with Crippen molar-refractivity contribution in [2.75, 3.05) is 13.1 Å². The molecule has 37 heavy (non-hydrogen) atoms. The van der Waals surface area contributed by atoms with E-state index in [4.69, 9.17) is 5.73 Å². The number of nitrogens with one attached hydrogen (secondary N) is 2. The summed E-state index contributed by atoms with van der Waals surface area (Å²) in [5, 5.41) is 18.1. The van der Waals surface area contributed by atoms with Crippen molar-refractivity contribution in [2.45, 2.75) is 83.5 Å². The van der Waals surface area contributed by atoms with Crippen molar-refractivity contribution in [3.05, 3.63) is 48.0 Å². The van der Waals surface area contributed by atoms with Gasteiger partial charge in [0.15, 0.2) is 0 Å². The average Bonchev–Trinajstić information content (AvgIpc) is 3.37. The fourth-order valence-electron chi connectivity index (χ4n) is 4.84. The fourth-order valence-corrected chi connectivity index (χ4v) is 4.84. The van der Waals surface area contributed by atoms with Gasteiger partial charge < -0.3 is 26.4 Å². The van der Waals surface area contributed by atoms with Crippen LogP contribution in [0, 0.1) is 5.92 Å². The Hall–Kier alpha value is -2.97. The number of nitrogens with two attached hydrogens (primary N) is 1. The van der Waals surface area contributed by atoms with Crippen LogP contribution in [0.4, 0.5) is 0 Å². The molecule has 0 radical (unpaired) electrons. The van der Waals surface area contributed by atoms with Gasteiger partial charge in [-0.1, -0.05) is 56.3 Å². The van der Waals surface area contributed by atoms with Gasteiger partial charge in [-0.3, -0.25) is 14.4 Å². The third-order valence-electron chi connectivity index (χ3n) is 7.39. The molecule has 8 heteroatoms. The van der Waals surface area contributed by atoms with Crippen LogP contribution in [0.15, 0.2) is 42.5 Å². The van der Waals surface area contributed by atoms with Crippen LogP contribution in [-0.2, 0) is 20.8 Å². The first-order valence-electron chi connectivity index (χ1n) is 13.4. The highest BCUT2D eigenvalue weighted by Gasteiger charge is 2.37. The molecule has 8 nitrogen and oxygen atoms in total. The predicted molar refractivity (Wildman–Crippen MR) is 146 cm³/mol. The molecule has 2 aromatic carbocycles. The number of amides is 3. The first-order chi connectivity index (χ1) is 17.5. The Balaban J connectivity index is 1.79. The summed E-state index contributed by atoms with van der Waals surface area (Å²) >= 11 is 0. The van der Waals surface area contributed by atoms with Gasteiger partial charge in [0.2, 0.25) is 17.7 Å². The van der Waals surface area contributed by atoms with Gasteiger partial charge in [-0.2, -0.15) is 0 Å². The number of fused-ring (bicyclic) bond motifs is 1. The average molecular weight is 511 g/mol. The second kappa shape index (κ2) is 12.5. The predicted octanol–water partition coefficient (Wildman–Crippen LogP) is 2.51. The van der Waals surface area contributed by atoms with E-state index in [1.165, 1.54) is 0 Å². The molecule has 2 aromatic rings. The van der Waals surface area contributed by atoms with E-state index in [9.17, 15) is 19.5 Å². The van der Waals surface area contributed by atoms with Gasteiger partial charge in [0.05, 0.1) is 6.10 Å². The van der Waals surface area contributed by atoms with Crippen LogP contribution in [0.3, 0.4) is 0 Å². The third kappa shape index (κ3) is 7.29. The monoisotopic (exact) mass is 510 g/mol. The van der Waals surface area contributed by atoms with Crippen molar-refractivity contribution in [2.24, 2.45) is 11.7 Å². The lowest BCUT2D eigenvalue weighted by molar-refractivity contribution is -0.142. The molecular weight excluding hydrogens is 468 g/mol. The lowest BCUT2D eigenvalue weighted by Crippen LogP contribution is -2.56. The van der Waals surface area contributed by atoms with Crippen LogP contribution in [0.25, 0.3) is 10.8 Å². The quantitative estimate of drug-likeness (QED) is 0.370. The molecule has 0 bridgehead atoms. The molecule has 1 aliphatic rings. The Bertz CT molecular complexity index is 1090. The number of aliphatic hydroxyl groups excluding tert-OH is 1. The highest BCUT2D eigenvalue weighted by molar-refractivity contribution is 5.93. The molecular formula is C29H42N4O4. The van der Waals surface area contributed by atoms with Gasteiger partial charge in [0.25, 0.3) is 0 Å². The first-order valence-corrected chi connectivity index (χ1v) is 13.4. The molecule has 3 rings (SSSR count). The van der Waals surface area contributed by atoms with E-state index in [1.54, 1.807) is 18.7 Å². The molecule has 0 aliphatic carbocycles. The summed E-state index contributed by atoms with van der Waals surface area (Å²) in [5.74, 6) is -0.823. The third-order valence-corrected chi connectivity index (χ3v) is 7.39. The molecule has 1 fully saturated rings. The Morgan fingerprint density at radius 2 is 1.78 bits per heavy atom. The van der Waals surface area contributed by atoms with E-state index < -0.39 is 29.6 Å². The zero-order chi connectivity index (χ0) is 27.2. The van der Waals surface area contributed by atoms with Gasteiger partial charge in [0.1, 0.15) is 12.1 Å². The maximum atomic E-state index is 13.4. The molecule has 5 N–H and O–H groups in total. The molecule has 1 saturated heterocycles. The van der Waals surface area contributed by atoms with Gasteiger partial charge in [0, 0.05) is 31.0 Å². The zero-order valence-corrected chi connectivity index (χ0v) is 22.5. The van der Waals surface area contributed by atoms with Gasteiger partial charge in [-0.25, -0.2) is 0 Å². The SMILES string of the molecule is CCC(CC)C(=O)N1CCCC1C(=O)N[C@H](Cc1ccc2ccccc2c1)C(=O)NCC(O)C(C)(C)N. The summed E-state index contributed by atoms with van der Waals surface area (Å²) < 4.78 is 0. The summed E-state index contributed by atoms with van der Waals surface area (Å²) in [7, 11) is 0. The molecule has 202 valence electrons. The van der Waals surface area contributed by atoms with Crippen LogP contribution in [-0.4, -0.2) is 64.5 Å². The Morgan fingerprint density at radius 3 is 2.43 bits per heavy atom. The molecule has 0 saturated carbocycles. The Morgan fingerprint density at radius 1 is 1.11 bits per heavy atom. The van der Waals surface area contributed by atoms with E-state index in [0.717, 1.165) is 35.6 Å². The topological polar surface area (TPSA) is 125 Å². The summed E-state index contributed by atoms with van der Waals surface area (Å²) in [6.07, 6.45) is 2.11. The van der Waals surface area contributed by atoms with Crippen molar-refractivity contribution < 1.29 is 19.5 Å². The number of hydrogen-bond acceptors (Lipinski definition) is 5. The summed E-state index contributed by atoms with van der Waals surface area (Å²) in [5.41, 5.74) is 5.98. The van der Waals surface area contributed by atoms with Crippen LogP contribution in [0.5, 0.6) is 0 Å². The summed E-state index contributed by atoms with van der Waals surface area (Å²) in [6, 6.07) is 12.5. The molecule has 1 heterocycles. The lowest BCUT2D eigenvalue weighted by Gasteiger charge is -2.29. The van der Waals surface area contributed by atoms with E-state index in [-0.39, 0.29) is 30.7 Å². The van der Waals surface area contributed by atoms with E-state index in [1.807, 2.05) is 56.3 Å². The highest BCUT2D eigenvalue weighted by Crippen LogP contribution is 2.23. The Labute approximate surface area is 220 Å². The summed E-state index contributed by atoms with van der Waals surface area (Å²) in [6.45, 7) is 7.85. The minimum atomic E-state index is -0.948. The standard InChI is InChI=1S/C29H42N4O4/c1-5-20(6-2)28(37)33-15-9-12-24(33)27(36)32-23(26(35)31-18-25(34)29(3,4)30)17-19-13-14-21-10-7-8-11-22(21)16-19/h7-8,10-11,13-14,16,20,23-25,34H,5-6,9,12,15,17-18,30H2,1-4H3,(H,31,35)(H,32,36)/t23-,24?,25?/m1/s1. The number of benzene rings is 2. The lowest BCUT2D eigenvalue weighted by atomic mass is 9.98. The molecule has 0 aromatic heterocycles. The number of aliphatic hydroxyl groups is 1. The van der Waals surface area contributed by atoms with Crippen molar-refractivity contribution in [1.82, 2.24) is 15.5 Å². The van der Waals surface area contributed by atoms with Crippen molar-refractivity contribution in [1.29, 1.82) is 0 Å². The maximum absolute atomic E-state index is 13.4. The normalized spacial score (nSPS) is 17.6. The molecule has 3 amide bonds. The number of nitrogens with zero attached hydrogens (tertiary/aromatic N) is 1. The van der Waals surface area contributed by atoms with Crippen molar-refractivity contribution in [3.8, 4) is 0 Å². The Kier molecular flexibility index (Phi) is 9.68. The first kappa shape index (κ1) is 28.6. The zero-order valence-electron chi connectivity index (χ0n) is 22.5. The fraction of sp³-hybridized carbons (Fsp3) is 0.552. The van der Waals surface area contributed by atoms with Crippen LogP contribution >= 0.6 is 0 Å². The minimum absolute atomic E-state index is 0.00600. The second-order valence-corrected chi connectivity index (χ2v) is 10.7. The van der Waals surface area contributed by atoms with Gasteiger partial charge >= 0.3 is 0 Å². The smallest absolute Gasteiger partial charge is 0.243 e. The molecule has 2 unspecified atom stereocenters. The van der Waals surface area contributed by atoms with E-state index in [2.05, 4.69) is 10.6 Å². The maximum Gasteiger partial charge on any atom is 0.243 e. The largest absolute Gasteiger partial charge is 0.389 e. The van der Waals surface area contributed by atoms with E-state index in [0.29, 0.717) is 13.0 Å². The van der Waals surface area contributed by atoms with Crippen LogP contribution < -0.4 is 16.4 Å². The molecule has 0 spiro atoms. The number of carbonyl (C=O) groups excluding carboxylic acids is 3. The number of rotatable bonds is 11. The van der Waals surface area contributed by atoms with Gasteiger partial charge in [-0.15, -0.1) is 0 Å².